The zero-order chi connectivity index (χ0) is 12.3. The van der Waals surface area contributed by atoms with Crippen LogP contribution < -0.4 is 5.32 Å². The molecule has 0 spiro atoms. The molecule has 1 aromatic carbocycles. The fourth-order valence-electron chi connectivity index (χ4n) is 1.83. The fraction of sp³-hybridized carbons (Fsp3) is 0.385. The first-order valence-electron chi connectivity index (χ1n) is 5.78. The molecule has 1 N–H and O–H groups in total. The third kappa shape index (κ3) is 3.03. The van der Waals surface area contributed by atoms with E-state index < -0.39 is 0 Å². The van der Waals surface area contributed by atoms with Crippen molar-refractivity contribution >= 4 is 38.5 Å². The van der Waals surface area contributed by atoms with Crippen LogP contribution in [0.1, 0.15) is 18.9 Å². The van der Waals surface area contributed by atoms with Crippen molar-refractivity contribution in [1.29, 1.82) is 0 Å². The molecule has 0 aliphatic rings. The van der Waals surface area contributed by atoms with Gasteiger partial charge in [0, 0.05) is 9.86 Å². The van der Waals surface area contributed by atoms with Gasteiger partial charge in [0.05, 0.1) is 11.3 Å². The van der Waals surface area contributed by atoms with Crippen LogP contribution in [-0.2, 0) is 6.42 Å². The number of benzene rings is 1. The van der Waals surface area contributed by atoms with Gasteiger partial charge in [-0.25, -0.2) is 0 Å². The molecule has 0 saturated carbocycles. The number of hydrogen-bond donors (Lipinski definition) is 1. The maximum Gasteiger partial charge on any atom is 0.152 e. The molecule has 0 bridgehead atoms. The average molecular weight is 317 g/mol. The first-order valence-corrected chi connectivity index (χ1v) is 6.95. The highest BCUT2D eigenvalue weighted by Gasteiger charge is 2.09. The zero-order valence-corrected chi connectivity index (χ0v) is 12.1. The zero-order valence-electron chi connectivity index (χ0n) is 9.72. The van der Waals surface area contributed by atoms with E-state index in [9.17, 15) is 0 Å². The van der Waals surface area contributed by atoms with Crippen molar-refractivity contribution in [2.24, 2.45) is 0 Å². The maximum atomic E-state index is 6.12. The normalized spacial score (nSPS) is 11.2. The summed E-state index contributed by atoms with van der Waals surface area (Å²) in [5.41, 5.74) is 1.98. The minimum absolute atomic E-state index is 0.655. The van der Waals surface area contributed by atoms with E-state index >= 15 is 0 Å². The molecule has 17 heavy (non-hydrogen) atoms. The van der Waals surface area contributed by atoms with Crippen molar-refractivity contribution in [2.75, 3.05) is 13.1 Å². The lowest BCUT2D eigenvalue weighted by atomic mass is 10.1. The van der Waals surface area contributed by atoms with E-state index in [0.717, 1.165) is 41.4 Å². The van der Waals surface area contributed by atoms with E-state index in [1.807, 2.05) is 6.07 Å². The van der Waals surface area contributed by atoms with Crippen LogP contribution in [0.25, 0.3) is 11.0 Å². The minimum atomic E-state index is 0.655. The van der Waals surface area contributed by atoms with Gasteiger partial charge in [0.1, 0.15) is 0 Å². The topological polar surface area (TPSA) is 25.2 Å². The first kappa shape index (κ1) is 12.9. The second-order valence-corrected chi connectivity index (χ2v) is 5.35. The number of hydrogen-bond acceptors (Lipinski definition) is 2. The summed E-state index contributed by atoms with van der Waals surface area (Å²) in [5.74, 6) is 0. The molecule has 0 fully saturated rings. The van der Waals surface area contributed by atoms with Gasteiger partial charge in [0.15, 0.2) is 5.58 Å². The Hall–Kier alpha value is -0.510. The molecule has 2 rings (SSSR count). The third-order valence-corrected chi connectivity index (χ3v) is 3.41. The van der Waals surface area contributed by atoms with Crippen molar-refractivity contribution in [1.82, 2.24) is 5.32 Å². The van der Waals surface area contributed by atoms with Gasteiger partial charge in [-0.3, -0.25) is 0 Å². The summed E-state index contributed by atoms with van der Waals surface area (Å²) < 4.78 is 6.50. The van der Waals surface area contributed by atoms with Crippen LogP contribution in [0.4, 0.5) is 0 Å². The molecular weight excluding hydrogens is 302 g/mol. The highest BCUT2D eigenvalue weighted by molar-refractivity contribution is 9.10. The minimum Gasteiger partial charge on any atom is -0.462 e. The Balaban J connectivity index is 2.18. The van der Waals surface area contributed by atoms with E-state index in [2.05, 4.69) is 34.2 Å². The van der Waals surface area contributed by atoms with Gasteiger partial charge >= 0.3 is 0 Å². The van der Waals surface area contributed by atoms with Crippen molar-refractivity contribution in [3.05, 3.63) is 33.5 Å². The highest BCUT2D eigenvalue weighted by Crippen LogP contribution is 2.31. The van der Waals surface area contributed by atoms with Gasteiger partial charge in [0.2, 0.25) is 0 Å². The SMILES string of the molecule is CCCNCCc1coc2c(Cl)cc(Br)cc12. The molecule has 2 aromatic rings. The molecule has 0 atom stereocenters. The van der Waals surface area contributed by atoms with Gasteiger partial charge in [-0.1, -0.05) is 34.5 Å². The molecule has 0 radical (unpaired) electrons. The van der Waals surface area contributed by atoms with Gasteiger partial charge in [-0.05, 0) is 43.6 Å². The fourth-order valence-corrected chi connectivity index (χ4v) is 2.68. The van der Waals surface area contributed by atoms with Crippen LogP contribution in [0.2, 0.25) is 5.02 Å². The number of furan rings is 1. The van der Waals surface area contributed by atoms with Crippen LogP contribution in [0.5, 0.6) is 0 Å². The second-order valence-electron chi connectivity index (χ2n) is 4.03. The standard InChI is InChI=1S/C13H15BrClNO/c1-2-4-16-5-3-9-8-17-13-11(9)6-10(14)7-12(13)15/h6-8,16H,2-5H2,1H3. The van der Waals surface area contributed by atoms with E-state index in [1.165, 1.54) is 5.56 Å². The number of fused-ring (bicyclic) bond motifs is 1. The first-order chi connectivity index (χ1) is 8.22. The summed E-state index contributed by atoms with van der Waals surface area (Å²) in [6, 6.07) is 3.91. The van der Waals surface area contributed by atoms with E-state index in [-0.39, 0.29) is 0 Å². The predicted molar refractivity (Wildman–Crippen MR) is 75.8 cm³/mol. The Morgan fingerprint density at radius 2 is 2.18 bits per heavy atom. The molecule has 0 aliphatic heterocycles. The van der Waals surface area contributed by atoms with Gasteiger partial charge in [-0.2, -0.15) is 0 Å². The Kier molecular flexibility index (Phi) is 4.48. The largest absolute Gasteiger partial charge is 0.462 e. The quantitative estimate of drug-likeness (QED) is 0.828. The number of nitrogens with one attached hydrogen (secondary N) is 1. The van der Waals surface area contributed by atoms with Crippen LogP contribution in [0, 0.1) is 0 Å². The van der Waals surface area contributed by atoms with E-state index in [1.54, 1.807) is 6.26 Å². The lowest BCUT2D eigenvalue weighted by Gasteiger charge is -2.01. The molecule has 2 nitrogen and oxygen atoms in total. The summed E-state index contributed by atoms with van der Waals surface area (Å²) in [5, 5.41) is 5.14. The van der Waals surface area contributed by atoms with Crippen molar-refractivity contribution < 1.29 is 4.42 Å². The lowest BCUT2D eigenvalue weighted by Crippen LogP contribution is -2.17. The average Bonchev–Trinajstić information content (AvgIpc) is 2.68. The van der Waals surface area contributed by atoms with Gasteiger partial charge in [-0.15, -0.1) is 0 Å². The Bertz CT molecular complexity index is 509. The molecule has 4 heteroatoms. The van der Waals surface area contributed by atoms with Crippen LogP contribution in [0.3, 0.4) is 0 Å². The van der Waals surface area contributed by atoms with Crippen molar-refractivity contribution in [2.45, 2.75) is 19.8 Å². The van der Waals surface area contributed by atoms with Gasteiger partial charge in [0.25, 0.3) is 0 Å². The number of rotatable bonds is 5. The molecular formula is C13H15BrClNO. The summed E-state index contributed by atoms with van der Waals surface area (Å²) in [6.45, 7) is 4.18. The van der Waals surface area contributed by atoms with Crippen LogP contribution in [-0.4, -0.2) is 13.1 Å². The predicted octanol–water partition coefficient (Wildman–Crippen LogP) is 4.39. The molecule has 1 aromatic heterocycles. The number of halogens is 2. The second kappa shape index (κ2) is 5.89. The molecule has 0 amide bonds. The lowest BCUT2D eigenvalue weighted by molar-refractivity contribution is 0.605. The van der Waals surface area contributed by atoms with Crippen molar-refractivity contribution in [3.63, 3.8) is 0 Å². The third-order valence-electron chi connectivity index (χ3n) is 2.67. The van der Waals surface area contributed by atoms with Crippen LogP contribution >= 0.6 is 27.5 Å². The Morgan fingerprint density at radius 1 is 1.35 bits per heavy atom. The Morgan fingerprint density at radius 3 is 2.94 bits per heavy atom. The molecule has 0 aliphatic carbocycles. The summed E-state index contributed by atoms with van der Waals surface area (Å²) in [4.78, 5) is 0. The van der Waals surface area contributed by atoms with Crippen molar-refractivity contribution in [3.8, 4) is 0 Å². The summed E-state index contributed by atoms with van der Waals surface area (Å²) >= 11 is 9.57. The maximum absolute atomic E-state index is 6.12. The van der Waals surface area contributed by atoms with Gasteiger partial charge < -0.3 is 9.73 Å². The van der Waals surface area contributed by atoms with E-state index in [0.29, 0.717) is 5.02 Å². The monoisotopic (exact) mass is 315 g/mol. The molecule has 0 saturated heterocycles. The molecule has 1 heterocycles. The molecule has 92 valence electrons. The smallest absolute Gasteiger partial charge is 0.152 e. The summed E-state index contributed by atoms with van der Waals surface area (Å²) in [7, 11) is 0. The molecule has 0 unspecified atom stereocenters. The Labute approximate surface area is 114 Å². The van der Waals surface area contributed by atoms with Crippen LogP contribution in [0.15, 0.2) is 27.3 Å². The summed E-state index contributed by atoms with van der Waals surface area (Å²) in [6.07, 6.45) is 3.92. The van der Waals surface area contributed by atoms with E-state index in [4.69, 9.17) is 16.0 Å². The highest BCUT2D eigenvalue weighted by atomic mass is 79.9.